The van der Waals surface area contributed by atoms with Crippen LogP contribution in [-0.4, -0.2) is 22.8 Å². The van der Waals surface area contributed by atoms with E-state index in [1.54, 1.807) is 11.9 Å². The molecule has 1 fully saturated rings. The van der Waals surface area contributed by atoms with E-state index in [2.05, 4.69) is 82.5 Å². The molecular formula is C24H25N3OS. The average Bonchev–Trinajstić information content (AvgIpc) is 3.27. The fourth-order valence-electron chi connectivity index (χ4n) is 4.06. The first-order chi connectivity index (χ1) is 14.3. The standard InChI is InChI=1S/C24H25N3OS/c25-26-23(28)22-17-10-18-27(22)29-24(19-11-4-1-5-12-19,20-13-6-2-7-14-20)21-15-8-3-9-16-21/h1-9,11-16,22H,10,17-18,25H2,(H,26,28). The predicted octanol–water partition coefficient (Wildman–Crippen LogP) is 4.08. The minimum absolute atomic E-state index is 0.127. The van der Waals surface area contributed by atoms with Gasteiger partial charge < -0.3 is 0 Å². The number of carbonyl (C=O) groups is 1. The monoisotopic (exact) mass is 403 g/mol. The highest BCUT2D eigenvalue weighted by Crippen LogP contribution is 2.51. The van der Waals surface area contributed by atoms with Crippen LogP contribution in [0, 0.1) is 0 Å². The third-order valence-electron chi connectivity index (χ3n) is 5.44. The lowest BCUT2D eigenvalue weighted by Crippen LogP contribution is -2.45. The molecule has 1 saturated heterocycles. The molecule has 0 aromatic heterocycles. The lowest BCUT2D eigenvalue weighted by atomic mass is 9.84. The van der Waals surface area contributed by atoms with Gasteiger partial charge in [0, 0.05) is 6.54 Å². The summed E-state index contributed by atoms with van der Waals surface area (Å²) < 4.78 is 1.73. The topological polar surface area (TPSA) is 58.4 Å². The van der Waals surface area contributed by atoms with Gasteiger partial charge in [0.25, 0.3) is 5.91 Å². The summed E-state index contributed by atoms with van der Waals surface area (Å²) in [5.41, 5.74) is 5.89. The van der Waals surface area contributed by atoms with Crippen LogP contribution in [-0.2, 0) is 9.54 Å². The van der Waals surface area contributed by atoms with Gasteiger partial charge in [-0.2, -0.15) is 0 Å². The first-order valence-corrected chi connectivity index (χ1v) is 10.7. The number of amides is 1. The van der Waals surface area contributed by atoms with Crippen molar-refractivity contribution in [1.29, 1.82) is 0 Å². The van der Waals surface area contributed by atoms with Crippen molar-refractivity contribution in [1.82, 2.24) is 9.73 Å². The van der Waals surface area contributed by atoms with Gasteiger partial charge >= 0.3 is 0 Å². The number of hydrogen-bond donors (Lipinski definition) is 2. The summed E-state index contributed by atoms with van der Waals surface area (Å²) in [6.07, 6.45) is 1.78. The molecule has 3 aromatic carbocycles. The van der Waals surface area contributed by atoms with Crippen molar-refractivity contribution >= 4 is 17.9 Å². The second-order valence-corrected chi connectivity index (χ2v) is 8.44. The summed E-state index contributed by atoms with van der Waals surface area (Å²) in [4.78, 5) is 12.4. The summed E-state index contributed by atoms with van der Waals surface area (Å²) in [6, 6.07) is 31.3. The van der Waals surface area contributed by atoms with Crippen molar-refractivity contribution in [3.8, 4) is 0 Å². The number of benzene rings is 3. The van der Waals surface area contributed by atoms with Crippen LogP contribution in [0.2, 0.25) is 0 Å². The maximum Gasteiger partial charge on any atom is 0.252 e. The maximum atomic E-state index is 12.4. The number of rotatable bonds is 6. The van der Waals surface area contributed by atoms with Gasteiger partial charge in [-0.1, -0.05) is 103 Å². The van der Waals surface area contributed by atoms with Crippen molar-refractivity contribution in [2.24, 2.45) is 5.84 Å². The SMILES string of the molecule is NNC(=O)C1CCCN1SC(c1ccccc1)(c1ccccc1)c1ccccc1. The number of nitrogens with zero attached hydrogens (tertiary/aromatic N) is 1. The van der Waals surface area contributed by atoms with E-state index in [9.17, 15) is 4.79 Å². The van der Waals surface area contributed by atoms with E-state index in [-0.39, 0.29) is 11.9 Å². The summed E-state index contributed by atoms with van der Waals surface area (Å²) in [5.74, 6) is 5.35. The Labute approximate surface area is 176 Å². The molecule has 1 amide bonds. The van der Waals surface area contributed by atoms with E-state index in [1.807, 2.05) is 18.2 Å². The molecule has 1 atom stereocenters. The second kappa shape index (κ2) is 8.82. The molecule has 1 heterocycles. The number of nitrogens with one attached hydrogen (secondary N) is 1. The van der Waals surface area contributed by atoms with Crippen molar-refractivity contribution in [3.63, 3.8) is 0 Å². The van der Waals surface area contributed by atoms with Crippen LogP contribution in [0.15, 0.2) is 91.0 Å². The molecule has 0 aliphatic carbocycles. The Bertz CT molecular complexity index is 837. The highest BCUT2D eigenvalue weighted by molar-refractivity contribution is 7.98. The molecule has 4 rings (SSSR count). The van der Waals surface area contributed by atoms with E-state index in [0.717, 1.165) is 19.4 Å². The van der Waals surface area contributed by atoms with Crippen LogP contribution in [0.4, 0.5) is 0 Å². The summed E-state index contributed by atoms with van der Waals surface area (Å²) in [6.45, 7) is 0.844. The van der Waals surface area contributed by atoms with Crippen LogP contribution in [0.25, 0.3) is 0 Å². The zero-order valence-electron chi connectivity index (χ0n) is 16.2. The quantitative estimate of drug-likeness (QED) is 0.214. The molecule has 0 spiro atoms. The van der Waals surface area contributed by atoms with Gasteiger partial charge in [0.15, 0.2) is 0 Å². The van der Waals surface area contributed by atoms with Crippen molar-refractivity contribution in [2.45, 2.75) is 23.6 Å². The van der Waals surface area contributed by atoms with Crippen LogP contribution in [0.5, 0.6) is 0 Å². The van der Waals surface area contributed by atoms with Crippen LogP contribution in [0.3, 0.4) is 0 Å². The average molecular weight is 404 g/mol. The Kier molecular flexibility index (Phi) is 6.00. The van der Waals surface area contributed by atoms with Crippen LogP contribution >= 0.6 is 11.9 Å². The fourth-order valence-corrected chi connectivity index (χ4v) is 5.69. The lowest BCUT2D eigenvalue weighted by Gasteiger charge is -2.39. The molecule has 4 nitrogen and oxygen atoms in total. The van der Waals surface area contributed by atoms with Crippen LogP contribution in [0.1, 0.15) is 29.5 Å². The third-order valence-corrected chi connectivity index (χ3v) is 7.10. The number of nitrogens with two attached hydrogens (primary N) is 1. The van der Waals surface area contributed by atoms with E-state index in [0.29, 0.717) is 0 Å². The first kappa shape index (κ1) is 19.7. The van der Waals surface area contributed by atoms with Crippen molar-refractivity contribution < 1.29 is 4.79 Å². The van der Waals surface area contributed by atoms with E-state index in [4.69, 9.17) is 5.84 Å². The molecule has 0 bridgehead atoms. The van der Waals surface area contributed by atoms with Gasteiger partial charge in [-0.05, 0) is 29.5 Å². The summed E-state index contributed by atoms with van der Waals surface area (Å²) in [5, 5.41) is 0. The van der Waals surface area contributed by atoms with Gasteiger partial charge in [-0.3, -0.25) is 10.2 Å². The molecule has 3 N–H and O–H groups in total. The third kappa shape index (κ3) is 3.81. The lowest BCUT2D eigenvalue weighted by molar-refractivity contribution is -0.124. The summed E-state index contributed by atoms with van der Waals surface area (Å²) in [7, 11) is 0. The van der Waals surface area contributed by atoms with Gasteiger partial charge in [-0.25, -0.2) is 10.1 Å². The Morgan fingerprint density at radius 1 is 0.862 bits per heavy atom. The normalized spacial score (nSPS) is 17.2. The van der Waals surface area contributed by atoms with E-state index in [1.165, 1.54) is 16.7 Å². The van der Waals surface area contributed by atoms with Crippen LogP contribution < -0.4 is 11.3 Å². The number of hydrogen-bond acceptors (Lipinski definition) is 4. The molecule has 1 aliphatic heterocycles. The minimum Gasteiger partial charge on any atom is -0.293 e. The fraction of sp³-hybridized carbons (Fsp3) is 0.208. The molecule has 1 aliphatic rings. The number of hydrazine groups is 1. The molecular weight excluding hydrogens is 378 g/mol. The molecule has 148 valence electrons. The zero-order chi connectivity index (χ0) is 20.1. The smallest absolute Gasteiger partial charge is 0.252 e. The Morgan fingerprint density at radius 3 is 1.72 bits per heavy atom. The van der Waals surface area contributed by atoms with Gasteiger partial charge in [0.1, 0.15) is 10.8 Å². The number of carbonyl (C=O) groups excluding carboxylic acids is 1. The first-order valence-electron chi connectivity index (χ1n) is 9.88. The van der Waals surface area contributed by atoms with Gasteiger partial charge in [0.2, 0.25) is 0 Å². The summed E-state index contributed by atoms with van der Waals surface area (Å²) >= 11 is 1.73. The largest absolute Gasteiger partial charge is 0.293 e. The zero-order valence-corrected chi connectivity index (χ0v) is 17.0. The highest BCUT2D eigenvalue weighted by atomic mass is 32.2. The molecule has 29 heavy (non-hydrogen) atoms. The van der Waals surface area contributed by atoms with Gasteiger partial charge in [0.05, 0.1) is 0 Å². The highest BCUT2D eigenvalue weighted by Gasteiger charge is 2.43. The van der Waals surface area contributed by atoms with Gasteiger partial charge in [-0.15, -0.1) is 0 Å². The second-order valence-electron chi connectivity index (χ2n) is 7.18. The molecule has 0 radical (unpaired) electrons. The molecule has 3 aromatic rings. The van der Waals surface area contributed by atoms with E-state index >= 15 is 0 Å². The minimum atomic E-state index is -0.471. The van der Waals surface area contributed by atoms with Crippen molar-refractivity contribution in [3.05, 3.63) is 108 Å². The Balaban J connectivity index is 1.90. The molecule has 1 unspecified atom stereocenters. The predicted molar refractivity (Wildman–Crippen MR) is 119 cm³/mol. The molecule has 5 heteroatoms. The molecule has 0 saturated carbocycles. The Hall–Kier alpha value is -2.60. The van der Waals surface area contributed by atoms with Crippen molar-refractivity contribution in [2.75, 3.05) is 6.54 Å². The maximum absolute atomic E-state index is 12.4. The van der Waals surface area contributed by atoms with E-state index < -0.39 is 4.75 Å². The Morgan fingerprint density at radius 2 is 1.31 bits per heavy atom.